The summed E-state index contributed by atoms with van der Waals surface area (Å²) in [5.41, 5.74) is 0.968. The first-order valence-electron chi connectivity index (χ1n) is 5.83. The van der Waals surface area contributed by atoms with Gasteiger partial charge in [0.25, 0.3) is 0 Å². The van der Waals surface area contributed by atoms with Gasteiger partial charge in [-0.15, -0.1) is 11.3 Å². The van der Waals surface area contributed by atoms with Crippen LogP contribution in [-0.2, 0) is 0 Å². The number of ketones is 1. The van der Waals surface area contributed by atoms with Gasteiger partial charge in [-0.3, -0.25) is 4.79 Å². The highest BCUT2D eigenvalue weighted by Gasteiger charge is 2.43. The van der Waals surface area contributed by atoms with Crippen LogP contribution in [0.5, 0.6) is 0 Å². The van der Waals surface area contributed by atoms with E-state index in [1.807, 2.05) is 5.38 Å². The normalized spacial score (nSPS) is 33.5. The molecular formula is C13H16OS. The van der Waals surface area contributed by atoms with Gasteiger partial charge in [0.05, 0.1) is 0 Å². The second kappa shape index (κ2) is 3.44. The number of aryl methyl sites for hydroxylation is 1. The molecule has 0 N–H and O–H groups in total. The molecule has 0 saturated heterocycles. The molecule has 1 aromatic heterocycles. The van der Waals surface area contributed by atoms with Crippen molar-refractivity contribution in [2.45, 2.75) is 32.6 Å². The standard InChI is InChI=1S/C13H16OS/c1-8-4-11(7-15-8)13(14)12-6-9-2-3-10(12)5-9/h4,7,9-10,12H,2-3,5-6H2,1H3. The van der Waals surface area contributed by atoms with Crippen LogP contribution >= 0.6 is 11.3 Å². The molecule has 15 heavy (non-hydrogen) atoms. The van der Waals surface area contributed by atoms with E-state index in [0.29, 0.717) is 17.6 Å². The molecule has 1 nitrogen and oxygen atoms in total. The van der Waals surface area contributed by atoms with E-state index in [9.17, 15) is 4.79 Å². The zero-order valence-corrected chi connectivity index (χ0v) is 9.85. The third kappa shape index (κ3) is 1.55. The summed E-state index contributed by atoms with van der Waals surface area (Å²) in [6.07, 6.45) is 5.15. The second-order valence-electron chi connectivity index (χ2n) is 5.09. The van der Waals surface area contributed by atoms with Crippen molar-refractivity contribution in [1.29, 1.82) is 0 Å². The van der Waals surface area contributed by atoms with Crippen LogP contribution in [0.15, 0.2) is 11.4 Å². The molecule has 2 saturated carbocycles. The van der Waals surface area contributed by atoms with Crippen molar-refractivity contribution in [3.05, 3.63) is 21.9 Å². The van der Waals surface area contributed by atoms with Gasteiger partial charge in [-0.05, 0) is 44.1 Å². The topological polar surface area (TPSA) is 17.1 Å². The maximum Gasteiger partial charge on any atom is 0.167 e. The molecule has 0 amide bonds. The SMILES string of the molecule is Cc1cc(C(=O)C2CC3CCC2C3)cs1. The smallest absolute Gasteiger partial charge is 0.167 e. The van der Waals surface area contributed by atoms with Gasteiger partial charge in [0, 0.05) is 21.7 Å². The largest absolute Gasteiger partial charge is 0.294 e. The van der Waals surface area contributed by atoms with E-state index < -0.39 is 0 Å². The van der Waals surface area contributed by atoms with Gasteiger partial charge in [0.1, 0.15) is 0 Å². The quantitative estimate of drug-likeness (QED) is 0.695. The van der Waals surface area contributed by atoms with Crippen LogP contribution in [-0.4, -0.2) is 5.78 Å². The van der Waals surface area contributed by atoms with Crippen molar-refractivity contribution in [3.8, 4) is 0 Å². The Balaban J connectivity index is 1.81. The lowest BCUT2D eigenvalue weighted by molar-refractivity contribution is 0.0875. The number of rotatable bonds is 2. The van der Waals surface area contributed by atoms with E-state index in [0.717, 1.165) is 11.5 Å². The molecule has 0 radical (unpaired) electrons. The highest BCUT2D eigenvalue weighted by Crippen LogP contribution is 2.49. The Kier molecular flexibility index (Phi) is 2.20. The summed E-state index contributed by atoms with van der Waals surface area (Å²) >= 11 is 1.69. The van der Waals surface area contributed by atoms with E-state index in [-0.39, 0.29) is 0 Å². The molecule has 3 unspecified atom stereocenters. The molecule has 0 aliphatic heterocycles. The first kappa shape index (κ1) is 9.59. The zero-order chi connectivity index (χ0) is 10.4. The van der Waals surface area contributed by atoms with Crippen LogP contribution in [0.3, 0.4) is 0 Å². The molecule has 1 aromatic rings. The van der Waals surface area contributed by atoms with Crippen molar-refractivity contribution >= 4 is 17.1 Å². The number of carbonyl (C=O) groups excluding carboxylic acids is 1. The van der Waals surface area contributed by atoms with Gasteiger partial charge in [-0.1, -0.05) is 6.42 Å². The van der Waals surface area contributed by atoms with Crippen LogP contribution in [0.2, 0.25) is 0 Å². The second-order valence-corrected chi connectivity index (χ2v) is 6.21. The van der Waals surface area contributed by atoms with Crippen molar-refractivity contribution in [2.24, 2.45) is 17.8 Å². The molecule has 2 fully saturated rings. The number of thiophene rings is 1. The van der Waals surface area contributed by atoms with Crippen molar-refractivity contribution < 1.29 is 4.79 Å². The zero-order valence-electron chi connectivity index (χ0n) is 9.03. The molecule has 0 aromatic carbocycles. The molecular weight excluding hydrogens is 204 g/mol. The third-order valence-corrected chi connectivity index (χ3v) is 4.95. The molecule has 3 atom stereocenters. The molecule has 2 bridgehead atoms. The Morgan fingerprint density at radius 2 is 2.27 bits per heavy atom. The van der Waals surface area contributed by atoms with Gasteiger partial charge in [0.2, 0.25) is 0 Å². The van der Waals surface area contributed by atoms with E-state index in [2.05, 4.69) is 13.0 Å². The van der Waals surface area contributed by atoms with Crippen LogP contribution in [0.25, 0.3) is 0 Å². The maximum absolute atomic E-state index is 12.3. The summed E-state index contributed by atoms with van der Waals surface area (Å²) in [4.78, 5) is 13.5. The van der Waals surface area contributed by atoms with Gasteiger partial charge in [-0.25, -0.2) is 0 Å². The summed E-state index contributed by atoms with van der Waals surface area (Å²) in [5.74, 6) is 2.36. The van der Waals surface area contributed by atoms with Gasteiger partial charge < -0.3 is 0 Å². The predicted octanol–water partition coefficient (Wildman–Crippen LogP) is 3.68. The summed E-state index contributed by atoms with van der Waals surface area (Å²) in [6.45, 7) is 2.07. The maximum atomic E-state index is 12.3. The fourth-order valence-electron chi connectivity index (χ4n) is 3.35. The Labute approximate surface area is 94.5 Å². The number of Topliss-reactive ketones (excluding diaryl/α,β-unsaturated/α-hetero) is 1. The monoisotopic (exact) mass is 220 g/mol. The minimum atomic E-state index is 0.359. The first-order chi connectivity index (χ1) is 7.24. The Morgan fingerprint density at radius 1 is 1.40 bits per heavy atom. The molecule has 3 rings (SSSR count). The molecule has 0 spiro atoms. The number of carbonyl (C=O) groups is 1. The van der Waals surface area contributed by atoms with E-state index >= 15 is 0 Å². The van der Waals surface area contributed by atoms with Gasteiger partial charge in [-0.2, -0.15) is 0 Å². The minimum absolute atomic E-state index is 0.359. The fraction of sp³-hybridized carbons (Fsp3) is 0.615. The highest BCUT2D eigenvalue weighted by molar-refractivity contribution is 7.10. The summed E-state index contributed by atoms with van der Waals surface area (Å²) in [5, 5.41) is 2.03. The first-order valence-corrected chi connectivity index (χ1v) is 6.71. The highest BCUT2D eigenvalue weighted by atomic mass is 32.1. The summed E-state index contributed by atoms with van der Waals surface area (Å²) < 4.78 is 0. The van der Waals surface area contributed by atoms with Gasteiger partial charge in [0.15, 0.2) is 5.78 Å². The molecule has 1 heterocycles. The number of hydrogen-bond acceptors (Lipinski definition) is 2. The van der Waals surface area contributed by atoms with E-state index in [1.54, 1.807) is 11.3 Å². The molecule has 2 aliphatic carbocycles. The van der Waals surface area contributed by atoms with Crippen molar-refractivity contribution in [1.82, 2.24) is 0 Å². The lowest BCUT2D eigenvalue weighted by Gasteiger charge is -2.19. The lowest BCUT2D eigenvalue weighted by atomic mass is 9.84. The van der Waals surface area contributed by atoms with Crippen LogP contribution in [0.1, 0.15) is 40.9 Å². The third-order valence-electron chi connectivity index (χ3n) is 4.09. The average molecular weight is 220 g/mol. The lowest BCUT2D eigenvalue weighted by Crippen LogP contribution is -2.20. The van der Waals surface area contributed by atoms with Gasteiger partial charge >= 0.3 is 0 Å². The number of fused-ring (bicyclic) bond motifs is 2. The number of hydrogen-bond donors (Lipinski definition) is 0. The summed E-state index contributed by atoms with van der Waals surface area (Å²) in [7, 11) is 0. The molecule has 80 valence electrons. The average Bonchev–Trinajstić information content (AvgIpc) is 2.90. The van der Waals surface area contributed by atoms with Crippen molar-refractivity contribution in [2.75, 3.05) is 0 Å². The Morgan fingerprint density at radius 3 is 2.80 bits per heavy atom. The van der Waals surface area contributed by atoms with Crippen LogP contribution in [0.4, 0.5) is 0 Å². The fourth-order valence-corrected chi connectivity index (χ4v) is 4.04. The summed E-state index contributed by atoms with van der Waals surface area (Å²) in [6, 6.07) is 2.05. The van der Waals surface area contributed by atoms with E-state index in [4.69, 9.17) is 0 Å². The van der Waals surface area contributed by atoms with Crippen molar-refractivity contribution in [3.63, 3.8) is 0 Å². The van der Waals surface area contributed by atoms with Crippen LogP contribution < -0.4 is 0 Å². The molecule has 2 aliphatic rings. The van der Waals surface area contributed by atoms with E-state index in [1.165, 1.54) is 30.6 Å². The Hall–Kier alpha value is -0.630. The Bertz CT molecular complexity index is 393. The predicted molar refractivity (Wildman–Crippen MR) is 62.3 cm³/mol. The van der Waals surface area contributed by atoms with Crippen LogP contribution in [0, 0.1) is 24.7 Å². The molecule has 2 heteroatoms. The minimum Gasteiger partial charge on any atom is -0.294 e.